The van der Waals surface area contributed by atoms with Gasteiger partial charge in [-0.3, -0.25) is 0 Å². The van der Waals surface area contributed by atoms with Crippen LogP contribution < -0.4 is 5.32 Å². The predicted molar refractivity (Wildman–Crippen MR) is 68.1 cm³/mol. The third kappa shape index (κ3) is 2.71. The average Bonchev–Trinajstić information content (AvgIpc) is 2.65. The lowest BCUT2D eigenvalue weighted by molar-refractivity contribution is 0.861. The van der Waals surface area contributed by atoms with Crippen molar-refractivity contribution in [1.29, 1.82) is 0 Å². The van der Waals surface area contributed by atoms with E-state index in [-0.39, 0.29) is 6.04 Å². The number of nitrogens with zero attached hydrogens (tertiary/aromatic N) is 2. The van der Waals surface area contributed by atoms with Gasteiger partial charge in [0.05, 0.1) is 6.04 Å². The van der Waals surface area contributed by atoms with E-state index in [4.69, 9.17) is 11.6 Å². The largest absolute Gasteiger partial charge is 0.361 e. The van der Waals surface area contributed by atoms with Gasteiger partial charge in [-0.1, -0.05) is 17.7 Å². The lowest BCUT2D eigenvalue weighted by Gasteiger charge is -2.11. The molecule has 0 fully saturated rings. The molecule has 5 heteroatoms. The fourth-order valence-corrected chi connectivity index (χ4v) is 2.28. The highest BCUT2D eigenvalue weighted by atomic mass is 35.5. The Morgan fingerprint density at radius 2 is 2.25 bits per heavy atom. The van der Waals surface area contributed by atoms with Crippen molar-refractivity contribution in [3.63, 3.8) is 0 Å². The highest BCUT2D eigenvalue weighted by molar-refractivity contribution is 7.11. The monoisotopic (exact) mass is 253 g/mol. The molecule has 1 atom stereocenters. The zero-order valence-electron chi connectivity index (χ0n) is 9.07. The maximum absolute atomic E-state index is 5.81. The molecule has 16 heavy (non-hydrogen) atoms. The molecule has 2 heterocycles. The van der Waals surface area contributed by atoms with Crippen LogP contribution in [0.25, 0.3) is 0 Å². The summed E-state index contributed by atoms with van der Waals surface area (Å²) in [4.78, 5) is 9.72. The third-order valence-corrected chi connectivity index (χ3v) is 3.40. The lowest BCUT2D eigenvalue weighted by atomic mass is 10.3. The predicted octanol–water partition coefficient (Wildman–Crippen LogP) is 3.67. The minimum Gasteiger partial charge on any atom is -0.361 e. The van der Waals surface area contributed by atoms with E-state index in [0.717, 1.165) is 10.8 Å². The van der Waals surface area contributed by atoms with Crippen LogP contribution in [0.2, 0.25) is 5.15 Å². The molecule has 1 N–H and O–H groups in total. The normalized spacial score (nSPS) is 12.4. The number of rotatable bonds is 3. The zero-order chi connectivity index (χ0) is 11.5. The molecule has 1 unspecified atom stereocenters. The van der Waals surface area contributed by atoms with Crippen LogP contribution in [0.5, 0.6) is 0 Å². The summed E-state index contributed by atoms with van der Waals surface area (Å²) in [5, 5.41) is 4.81. The Morgan fingerprint density at radius 1 is 1.44 bits per heavy atom. The van der Waals surface area contributed by atoms with Crippen LogP contribution >= 0.6 is 22.9 Å². The Balaban J connectivity index is 2.10. The Kier molecular flexibility index (Phi) is 3.41. The van der Waals surface area contributed by atoms with Crippen LogP contribution in [0.3, 0.4) is 0 Å². The van der Waals surface area contributed by atoms with Gasteiger partial charge in [-0.15, -0.1) is 11.3 Å². The van der Waals surface area contributed by atoms with Gasteiger partial charge in [-0.05, 0) is 26.0 Å². The molecule has 0 saturated heterocycles. The summed E-state index contributed by atoms with van der Waals surface area (Å²) in [5.74, 6) is 0.771. The van der Waals surface area contributed by atoms with Crippen molar-refractivity contribution >= 4 is 28.8 Å². The lowest BCUT2D eigenvalue weighted by Crippen LogP contribution is -2.07. The minimum absolute atomic E-state index is 0.143. The standard InChI is InChI=1S/C11H12ClN3S/c1-7-6-13-11(16-7)8(2)14-10-5-3-4-9(12)15-10/h3-6,8H,1-2H3,(H,14,15). The van der Waals surface area contributed by atoms with Gasteiger partial charge in [-0.2, -0.15) is 0 Å². The molecule has 3 nitrogen and oxygen atoms in total. The van der Waals surface area contributed by atoms with Crippen LogP contribution in [0.1, 0.15) is 22.9 Å². The highest BCUT2D eigenvalue weighted by Gasteiger charge is 2.09. The van der Waals surface area contributed by atoms with Gasteiger partial charge in [0.25, 0.3) is 0 Å². The molecular weight excluding hydrogens is 242 g/mol. The molecule has 2 aromatic heterocycles. The van der Waals surface area contributed by atoms with E-state index in [1.54, 1.807) is 17.4 Å². The molecule has 0 bridgehead atoms. The summed E-state index contributed by atoms with van der Waals surface area (Å²) in [5.41, 5.74) is 0. The van der Waals surface area contributed by atoms with Crippen molar-refractivity contribution in [2.75, 3.05) is 5.32 Å². The molecule has 2 aromatic rings. The number of thiazole rings is 1. The van der Waals surface area contributed by atoms with Crippen molar-refractivity contribution in [2.24, 2.45) is 0 Å². The first kappa shape index (κ1) is 11.4. The summed E-state index contributed by atoms with van der Waals surface area (Å²) in [6.07, 6.45) is 1.88. The molecule has 0 aliphatic rings. The van der Waals surface area contributed by atoms with Gasteiger partial charge < -0.3 is 5.32 Å². The van der Waals surface area contributed by atoms with Crippen LogP contribution in [-0.2, 0) is 0 Å². The van der Waals surface area contributed by atoms with Crippen molar-refractivity contribution in [2.45, 2.75) is 19.9 Å². The van der Waals surface area contributed by atoms with E-state index >= 15 is 0 Å². The Bertz CT molecular complexity index is 484. The van der Waals surface area contributed by atoms with Gasteiger partial charge in [0.15, 0.2) is 0 Å². The average molecular weight is 254 g/mol. The van der Waals surface area contributed by atoms with Gasteiger partial charge in [0.2, 0.25) is 0 Å². The van der Waals surface area contributed by atoms with Crippen molar-refractivity contribution in [3.05, 3.63) is 39.4 Å². The number of pyridine rings is 1. The summed E-state index contributed by atoms with van der Waals surface area (Å²) in [7, 11) is 0. The smallest absolute Gasteiger partial charge is 0.131 e. The summed E-state index contributed by atoms with van der Waals surface area (Å²) in [6.45, 7) is 4.10. The quantitative estimate of drug-likeness (QED) is 0.848. The first-order valence-electron chi connectivity index (χ1n) is 4.96. The van der Waals surface area contributed by atoms with Crippen LogP contribution in [0.15, 0.2) is 24.4 Å². The summed E-state index contributed by atoms with van der Waals surface area (Å²) < 4.78 is 0. The Labute approximate surface area is 104 Å². The zero-order valence-corrected chi connectivity index (χ0v) is 10.6. The molecular formula is C11H12ClN3S. The van der Waals surface area contributed by atoms with Crippen molar-refractivity contribution in [1.82, 2.24) is 9.97 Å². The van der Waals surface area contributed by atoms with E-state index in [2.05, 4.69) is 22.2 Å². The van der Waals surface area contributed by atoms with Gasteiger partial charge in [0.1, 0.15) is 16.0 Å². The second kappa shape index (κ2) is 4.80. The maximum atomic E-state index is 5.81. The van der Waals surface area contributed by atoms with E-state index in [9.17, 15) is 0 Å². The number of aromatic nitrogens is 2. The molecule has 0 spiro atoms. The van der Waals surface area contributed by atoms with Crippen LogP contribution in [0.4, 0.5) is 5.82 Å². The molecule has 0 aromatic carbocycles. The summed E-state index contributed by atoms with van der Waals surface area (Å²) >= 11 is 7.50. The fraction of sp³-hybridized carbons (Fsp3) is 0.273. The third-order valence-electron chi connectivity index (χ3n) is 2.09. The van der Waals surface area contributed by atoms with E-state index in [1.165, 1.54) is 4.88 Å². The Hall–Kier alpha value is -1.13. The number of anilines is 1. The summed E-state index contributed by atoms with van der Waals surface area (Å²) in [6, 6.07) is 5.66. The van der Waals surface area contributed by atoms with Gasteiger partial charge in [0, 0.05) is 11.1 Å². The number of aryl methyl sites for hydroxylation is 1. The SMILES string of the molecule is Cc1cnc(C(C)Nc2cccc(Cl)n2)s1. The maximum Gasteiger partial charge on any atom is 0.131 e. The van der Waals surface area contributed by atoms with Crippen molar-refractivity contribution < 1.29 is 0 Å². The fourth-order valence-electron chi connectivity index (χ4n) is 1.34. The first-order valence-corrected chi connectivity index (χ1v) is 6.16. The number of nitrogens with one attached hydrogen (secondary N) is 1. The molecule has 0 saturated carbocycles. The molecule has 0 radical (unpaired) electrons. The molecule has 0 amide bonds. The highest BCUT2D eigenvalue weighted by Crippen LogP contribution is 2.22. The second-order valence-corrected chi connectivity index (χ2v) is 5.17. The van der Waals surface area contributed by atoms with Crippen molar-refractivity contribution in [3.8, 4) is 0 Å². The topological polar surface area (TPSA) is 37.8 Å². The Morgan fingerprint density at radius 3 is 2.88 bits per heavy atom. The minimum atomic E-state index is 0.143. The first-order chi connectivity index (χ1) is 7.65. The second-order valence-electron chi connectivity index (χ2n) is 3.52. The molecule has 84 valence electrons. The van der Waals surface area contributed by atoms with Gasteiger partial charge in [-0.25, -0.2) is 9.97 Å². The van der Waals surface area contributed by atoms with Crippen LogP contribution in [-0.4, -0.2) is 9.97 Å². The van der Waals surface area contributed by atoms with E-state index in [0.29, 0.717) is 5.15 Å². The van der Waals surface area contributed by atoms with Crippen LogP contribution in [0, 0.1) is 6.92 Å². The number of hydrogen-bond acceptors (Lipinski definition) is 4. The number of hydrogen-bond donors (Lipinski definition) is 1. The number of halogens is 1. The van der Waals surface area contributed by atoms with E-state index < -0.39 is 0 Å². The van der Waals surface area contributed by atoms with E-state index in [1.807, 2.05) is 25.3 Å². The molecule has 0 aliphatic heterocycles. The molecule has 0 aliphatic carbocycles. The van der Waals surface area contributed by atoms with Gasteiger partial charge >= 0.3 is 0 Å². The molecule has 2 rings (SSSR count).